The molecule has 0 saturated carbocycles. The molecule has 202 valence electrons. The number of likely N-dealkylation sites (tertiary alicyclic amines) is 2. The van der Waals surface area contributed by atoms with Crippen LogP contribution in [0.15, 0.2) is 42.5 Å². The van der Waals surface area contributed by atoms with Gasteiger partial charge in [-0.25, -0.2) is 0 Å². The molecular weight excluding hydrogens is 546 g/mol. The molecule has 37 heavy (non-hydrogen) atoms. The molecule has 2 fully saturated rings. The summed E-state index contributed by atoms with van der Waals surface area (Å²) in [6, 6.07) is 10.6. The van der Waals surface area contributed by atoms with Crippen LogP contribution in [0.25, 0.3) is 0 Å². The first-order valence-electron chi connectivity index (χ1n) is 12.3. The summed E-state index contributed by atoms with van der Waals surface area (Å²) in [6.45, 7) is 2.76. The number of aliphatic hydroxyl groups is 2. The number of alkyl halides is 3. The van der Waals surface area contributed by atoms with E-state index in [0.29, 0.717) is 60.7 Å². The van der Waals surface area contributed by atoms with Crippen molar-refractivity contribution in [3.05, 3.63) is 63.6 Å². The smallest absolute Gasteiger partial charge is 0.389 e. The minimum atomic E-state index is -4.33. The molecule has 2 saturated heterocycles. The molecule has 5 nitrogen and oxygen atoms in total. The fraction of sp³-hybridized carbons (Fsp3) is 0.500. The molecule has 1 unspecified atom stereocenters. The molecule has 0 aromatic heterocycles. The molecular formula is C26H30Cl2F3N3O2S. The van der Waals surface area contributed by atoms with Crippen LogP contribution in [0.3, 0.4) is 0 Å². The second kappa shape index (κ2) is 11.6. The zero-order valence-corrected chi connectivity index (χ0v) is 22.5. The highest BCUT2D eigenvalue weighted by atomic mass is 35.5. The Morgan fingerprint density at radius 1 is 1.03 bits per heavy atom. The van der Waals surface area contributed by atoms with Gasteiger partial charge in [0.15, 0.2) is 5.11 Å². The van der Waals surface area contributed by atoms with Gasteiger partial charge >= 0.3 is 6.18 Å². The summed E-state index contributed by atoms with van der Waals surface area (Å²) >= 11 is 17.5. The summed E-state index contributed by atoms with van der Waals surface area (Å²) in [5.74, 6) is 0.186. The normalized spacial score (nSPS) is 20.0. The van der Waals surface area contributed by atoms with Gasteiger partial charge in [0.05, 0.1) is 27.3 Å². The molecule has 2 aliphatic rings. The molecule has 0 amide bonds. The van der Waals surface area contributed by atoms with Crippen molar-refractivity contribution < 1.29 is 23.4 Å². The van der Waals surface area contributed by atoms with E-state index in [0.717, 1.165) is 36.2 Å². The summed E-state index contributed by atoms with van der Waals surface area (Å²) in [7, 11) is 0. The molecule has 4 rings (SSSR count). The number of nitrogens with one attached hydrogen (secondary N) is 1. The van der Waals surface area contributed by atoms with Gasteiger partial charge in [0, 0.05) is 25.3 Å². The van der Waals surface area contributed by atoms with Gasteiger partial charge < -0.3 is 25.3 Å². The second-order valence-electron chi connectivity index (χ2n) is 9.86. The first kappa shape index (κ1) is 28.4. The third-order valence-corrected chi connectivity index (χ3v) is 8.54. The van der Waals surface area contributed by atoms with E-state index in [-0.39, 0.29) is 5.92 Å². The maximum absolute atomic E-state index is 12.8. The van der Waals surface area contributed by atoms with Gasteiger partial charge in [-0.3, -0.25) is 0 Å². The Balaban J connectivity index is 1.23. The van der Waals surface area contributed by atoms with Crippen molar-refractivity contribution in [3.63, 3.8) is 0 Å². The highest BCUT2D eigenvalue weighted by molar-refractivity contribution is 7.80. The van der Waals surface area contributed by atoms with E-state index < -0.39 is 23.4 Å². The van der Waals surface area contributed by atoms with E-state index in [2.05, 4.69) is 10.2 Å². The Kier molecular flexibility index (Phi) is 8.93. The van der Waals surface area contributed by atoms with E-state index in [1.54, 1.807) is 30.3 Å². The van der Waals surface area contributed by atoms with Crippen LogP contribution in [0.1, 0.15) is 42.7 Å². The fourth-order valence-corrected chi connectivity index (χ4v) is 5.61. The van der Waals surface area contributed by atoms with Crippen LogP contribution in [0, 0.1) is 0 Å². The Morgan fingerprint density at radius 2 is 1.65 bits per heavy atom. The van der Waals surface area contributed by atoms with E-state index in [1.165, 1.54) is 0 Å². The maximum Gasteiger partial charge on any atom is 0.416 e. The van der Waals surface area contributed by atoms with Crippen molar-refractivity contribution in [3.8, 4) is 0 Å². The summed E-state index contributed by atoms with van der Waals surface area (Å²) < 4.78 is 38.5. The van der Waals surface area contributed by atoms with E-state index in [4.69, 9.17) is 35.4 Å². The third kappa shape index (κ3) is 7.07. The number of piperidine rings is 2. The zero-order valence-electron chi connectivity index (χ0n) is 20.1. The van der Waals surface area contributed by atoms with Crippen LogP contribution < -0.4 is 5.32 Å². The van der Waals surface area contributed by atoms with Crippen LogP contribution in [0.4, 0.5) is 18.9 Å². The zero-order chi connectivity index (χ0) is 26.8. The van der Waals surface area contributed by atoms with Gasteiger partial charge in [0.25, 0.3) is 0 Å². The molecule has 2 heterocycles. The van der Waals surface area contributed by atoms with Crippen molar-refractivity contribution >= 4 is 46.2 Å². The highest BCUT2D eigenvalue weighted by Gasteiger charge is 2.40. The van der Waals surface area contributed by atoms with E-state index >= 15 is 0 Å². The quantitative estimate of drug-likeness (QED) is 0.393. The van der Waals surface area contributed by atoms with Gasteiger partial charge in [-0.2, -0.15) is 13.2 Å². The minimum Gasteiger partial charge on any atom is -0.389 e. The Labute approximate surface area is 230 Å². The SMILES string of the molecule is OC(CN1CCC(c2ccc(C(F)(F)F)cc2)CC1)C1(O)CCN(C(=S)Nc2ccc(Cl)c(Cl)c2)CC1. The fourth-order valence-electron chi connectivity index (χ4n) is 5.01. The molecule has 11 heteroatoms. The third-order valence-electron chi connectivity index (χ3n) is 7.44. The Hall–Kier alpha value is -1.62. The number of anilines is 1. The summed E-state index contributed by atoms with van der Waals surface area (Å²) in [4.78, 5) is 4.07. The van der Waals surface area contributed by atoms with Gasteiger partial charge in [-0.05, 0) is 92.8 Å². The first-order valence-corrected chi connectivity index (χ1v) is 13.4. The lowest BCUT2D eigenvalue weighted by Crippen LogP contribution is -2.56. The Morgan fingerprint density at radius 3 is 2.22 bits per heavy atom. The van der Waals surface area contributed by atoms with Crippen LogP contribution in [-0.2, 0) is 6.18 Å². The number of hydrogen-bond acceptors (Lipinski definition) is 4. The van der Waals surface area contributed by atoms with Gasteiger partial charge in [0.2, 0.25) is 0 Å². The van der Waals surface area contributed by atoms with Crippen molar-refractivity contribution in [2.45, 2.75) is 49.5 Å². The van der Waals surface area contributed by atoms with Crippen LogP contribution in [0.2, 0.25) is 10.0 Å². The van der Waals surface area contributed by atoms with Crippen LogP contribution >= 0.6 is 35.4 Å². The van der Waals surface area contributed by atoms with Crippen LogP contribution in [-0.4, -0.2) is 69.6 Å². The largest absolute Gasteiger partial charge is 0.416 e. The van der Waals surface area contributed by atoms with Crippen molar-refractivity contribution in [1.82, 2.24) is 9.80 Å². The molecule has 3 N–H and O–H groups in total. The standard InChI is InChI=1S/C26H30Cl2F3N3O2S/c27-21-6-5-20(15-22(21)28)32-24(37)34-13-9-25(36,10-14-34)23(35)16-33-11-7-18(8-12-33)17-1-3-19(4-2-17)26(29,30)31/h1-6,15,18,23,35-36H,7-14,16H2,(H,32,37). The monoisotopic (exact) mass is 575 g/mol. The van der Waals surface area contributed by atoms with Crippen molar-refractivity contribution in [2.75, 3.05) is 38.0 Å². The number of halogens is 5. The lowest BCUT2D eigenvalue weighted by Gasteiger charge is -2.43. The maximum atomic E-state index is 12.8. The van der Waals surface area contributed by atoms with Gasteiger partial charge in [-0.1, -0.05) is 35.3 Å². The summed E-state index contributed by atoms with van der Waals surface area (Å²) in [6.07, 6.45) is -2.91. The average Bonchev–Trinajstić information content (AvgIpc) is 2.86. The molecule has 0 radical (unpaired) electrons. The summed E-state index contributed by atoms with van der Waals surface area (Å²) in [5.41, 5.74) is -0.216. The number of benzene rings is 2. The van der Waals surface area contributed by atoms with Crippen LogP contribution in [0.5, 0.6) is 0 Å². The predicted molar refractivity (Wildman–Crippen MR) is 144 cm³/mol. The van der Waals surface area contributed by atoms with Gasteiger partial charge in [0.1, 0.15) is 0 Å². The van der Waals surface area contributed by atoms with E-state index in [9.17, 15) is 23.4 Å². The predicted octanol–water partition coefficient (Wildman–Crippen LogP) is 5.78. The Bertz CT molecular complexity index is 1090. The number of hydrogen-bond donors (Lipinski definition) is 3. The number of aliphatic hydroxyl groups excluding tert-OH is 1. The minimum absolute atomic E-state index is 0.186. The van der Waals surface area contributed by atoms with E-state index in [1.807, 2.05) is 4.90 Å². The molecule has 2 aromatic carbocycles. The molecule has 1 atom stereocenters. The average molecular weight is 577 g/mol. The topological polar surface area (TPSA) is 59.0 Å². The number of thiocarbonyl (C=S) groups is 1. The summed E-state index contributed by atoms with van der Waals surface area (Å²) in [5, 5.41) is 26.6. The second-order valence-corrected chi connectivity index (χ2v) is 11.1. The number of β-amino-alcohol motifs (C(OH)–C–C–N with tert-alkyl or cyclic N) is 1. The highest BCUT2D eigenvalue weighted by Crippen LogP contribution is 2.34. The molecule has 2 aromatic rings. The molecule has 2 aliphatic heterocycles. The number of nitrogens with zero attached hydrogens (tertiary/aromatic N) is 2. The first-order chi connectivity index (χ1) is 17.4. The van der Waals surface area contributed by atoms with Crippen molar-refractivity contribution in [2.24, 2.45) is 0 Å². The molecule has 0 spiro atoms. The molecule has 0 aliphatic carbocycles. The van der Waals surface area contributed by atoms with Gasteiger partial charge in [-0.15, -0.1) is 0 Å². The van der Waals surface area contributed by atoms with Crippen molar-refractivity contribution in [1.29, 1.82) is 0 Å². The lowest BCUT2D eigenvalue weighted by atomic mass is 9.84. The lowest BCUT2D eigenvalue weighted by molar-refractivity contribution is -0.137. The number of rotatable bonds is 5. The molecule has 0 bridgehead atoms.